The van der Waals surface area contributed by atoms with Gasteiger partial charge in [-0.25, -0.2) is 4.39 Å². The summed E-state index contributed by atoms with van der Waals surface area (Å²) in [7, 11) is 0. The molecule has 0 aliphatic heterocycles. The van der Waals surface area contributed by atoms with Gasteiger partial charge in [-0.1, -0.05) is 18.2 Å². The Hall–Kier alpha value is -3.09. The van der Waals surface area contributed by atoms with Crippen molar-refractivity contribution >= 4 is 5.91 Å². The molecule has 24 heavy (non-hydrogen) atoms. The molecule has 6 nitrogen and oxygen atoms in total. The second-order valence-electron chi connectivity index (χ2n) is 5.23. The largest absolute Gasteiger partial charge is 0.419 e. The zero-order chi connectivity index (χ0) is 16.9. The van der Waals surface area contributed by atoms with Crippen LogP contribution >= 0.6 is 0 Å². The molecule has 3 aromatic rings. The van der Waals surface area contributed by atoms with Gasteiger partial charge in [0.25, 0.3) is 5.89 Å². The van der Waals surface area contributed by atoms with Gasteiger partial charge in [0.05, 0.1) is 6.04 Å². The highest BCUT2D eigenvalue weighted by atomic mass is 19.1. The molecule has 0 saturated carbocycles. The van der Waals surface area contributed by atoms with Crippen molar-refractivity contribution in [2.24, 2.45) is 0 Å². The maximum absolute atomic E-state index is 12.9. The van der Waals surface area contributed by atoms with Gasteiger partial charge in [-0.05, 0) is 36.8 Å². The summed E-state index contributed by atoms with van der Waals surface area (Å²) in [6.45, 7) is 1.82. The maximum Gasteiger partial charge on any atom is 0.266 e. The molecule has 1 amide bonds. The first kappa shape index (κ1) is 15.8. The van der Waals surface area contributed by atoms with Crippen LogP contribution in [0.4, 0.5) is 4.39 Å². The van der Waals surface area contributed by atoms with Crippen molar-refractivity contribution in [3.8, 4) is 11.6 Å². The third-order valence-corrected chi connectivity index (χ3v) is 3.41. The zero-order valence-electron chi connectivity index (χ0n) is 12.9. The van der Waals surface area contributed by atoms with Crippen LogP contribution in [0, 0.1) is 5.82 Å². The predicted octanol–water partition coefficient (Wildman–Crippen LogP) is 2.69. The minimum atomic E-state index is -0.315. The molecular formula is C17H15FN4O2. The standard InChI is InChI=1S/C17H15FN4O2/c1-11(12-5-7-13(18)8-6-12)20-15(23)10-16-21-22-17(24-16)14-4-2-3-9-19-14/h2-9,11H,10H2,1H3,(H,20,23). The molecule has 2 heterocycles. The Kier molecular flexibility index (Phi) is 4.60. The first-order valence-electron chi connectivity index (χ1n) is 7.40. The van der Waals surface area contributed by atoms with E-state index in [0.29, 0.717) is 5.69 Å². The van der Waals surface area contributed by atoms with Crippen LogP contribution in [0.3, 0.4) is 0 Å². The molecule has 2 aromatic heterocycles. The third kappa shape index (κ3) is 3.81. The number of nitrogens with one attached hydrogen (secondary N) is 1. The number of amides is 1. The summed E-state index contributed by atoms with van der Waals surface area (Å²) in [5.41, 5.74) is 1.36. The third-order valence-electron chi connectivity index (χ3n) is 3.41. The number of hydrogen-bond donors (Lipinski definition) is 1. The summed E-state index contributed by atoms with van der Waals surface area (Å²) in [6.07, 6.45) is 1.58. The topological polar surface area (TPSA) is 80.9 Å². The number of rotatable bonds is 5. The van der Waals surface area contributed by atoms with Crippen LogP contribution < -0.4 is 5.32 Å². The monoisotopic (exact) mass is 326 g/mol. The second-order valence-corrected chi connectivity index (χ2v) is 5.23. The van der Waals surface area contributed by atoms with E-state index in [0.717, 1.165) is 5.56 Å². The van der Waals surface area contributed by atoms with Crippen molar-refractivity contribution in [3.63, 3.8) is 0 Å². The van der Waals surface area contributed by atoms with E-state index in [1.165, 1.54) is 12.1 Å². The maximum atomic E-state index is 12.9. The summed E-state index contributed by atoms with van der Waals surface area (Å²) >= 11 is 0. The van der Waals surface area contributed by atoms with E-state index < -0.39 is 0 Å². The number of carbonyl (C=O) groups excluding carboxylic acids is 1. The molecule has 0 radical (unpaired) electrons. The van der Waals surface area contributed by atoms with Crippen molar-refractivity contribution in [1.29, 1.82) is 0 Å². The van der Waals surface area contributed by atoms with Crippen LogP contribution in [-0.4, -0.2) is 21.1 Å². The Morgan fingerprint density at radius 3 is 2.71 bits per heavy atom. The summed E-state index contributed by atoms with van der Waals surface area (Å²) in [5, 5.41) is 10.6. The van der Waals surface area contributed by atoms with Crippen LogP contribution in [0.1, 0.15) is 24.4 Å². The van der Waals surface area contributed by atoms with Gasteiger partial charge in [0.2, 0.25) is 11.8 Å². The van der Waals surface area contributed by atoms with Gasteiger partial charge in [-0.15, -0.1) is 10.2 Å². The molecule has 0 aliphatic carbocycles. The summed E-state index contributed by atoms with van der Waals surface area (Å²) in [4.78, 5) is 16.2. The fourth-order valence-corrected chi connectivity index (χ4v) is 2.18. The molecule has 0 bridgehead atoms. The lowest BCUT2D eigenvalue weighted by atomic mass is 10.1. The molecule has 0 aliphatic rings. The first-order valence-corrected chi connectivity index (χ1v) is 7.40. The van der Waals surface area contributed by atoms with Crippen molar-refractivity contribution in [2.75, 3.05) is 0 Å². The Bertz CT molecular complexity index is 818. The quantitative estimate of drug-likeness (QED) is 0.779. The van der Waals surface area contributed by atoms with Gasteiger partial charge in [0.1, 0.15) is 17.9 Å². The molecule has 7 heteroatoms. The molecule has 1 N–H and O–H groups in total. The molecule has 3 rings (SSSR count). The van der Waals surface area contributed by atoms with E-state index in [9.17, 15) is 9.18 Å². The van der Waals surface area contributed by atoms with Gasteiger partial charge in [0.15, 0.2) is 0 Å². The van der Waals surface area contributed by atoms with Crippen molar-refractivity contribution < 1.29 is 13.6 Å². The van der Waals surface area contributed by atoms with E-state index in [4.69, 9.17) is 4.42 Å². The normalized spacial score (nSPS) is 11.9. The average molecular weight is 326 g/mol. The highest BCUT2D eigenvalue weighted by Crippen LogP contribution is 2.16. The van der Waals surface area contributed by atoms with Crippen molar-refractivity contribution in [3.05, 3.63) is 65.9 Å². The van der Waals surface area contributed by atoms with Crippen molar-refractivity contribution in [1.82, 2.24) is 20.5 Å². The molecular weight excluding hydrogens is 311 g/mol. The summed E-state index contributed by atoms with van der Waals surface area (Å²) in [6, 6.07) is 11.1. The van der Waals surface area contributed by atoms with E-state index in [1.807, 2.05) is 13.0 Å². The minimum Gasteiger partial charge on any atom is -0.419 e. The zero-order valence-corrected chi connectivity index (χ0v) is 12.9. The molecule has 1 unspecified atom stereocenters. The number of benzene rings is 1. The van der Waals surface area contributed by atoms with Crippen LogP contribution in [0.15, 0.2) is 53.1 Å². The van der Waals surface area contributed by atoms with Gasteiger partial charge in [-0.2, -0.15) is 0 Å². The van der Waals surface area contributed by atoms with Crippen molar-refractivity contribution in [2.45, 2.75) is 19.4 Å². The number of aromatic nitrogens is 3. The number of nitrogens with zero attached hydrogens (tertiary/aromatic N) is 3. The van der Waals surface area contributed by atoms with E-state index >= 15 is 0 Å². The Labute approximate surface area is 137 Å². The fraction of sp³-hybridized carbons (Fsp3) is 0.176. The average Bonchev–Trinajstić information content (AvgIpc) is 3.04. The van der Waals surface area contributed by atoms with Gasteiger partial charge < -0.3 is 9.73 Å². The highest BCUT2D eigenvalue weighted by molar-refractivity contribution is 5.78. The predicted molar refractivity (Wildman–Crippen MR) is 84.2 cm³/mol. The number of hydrogen-bond acceptors (Lipinski definition) is 5. The molecule has 0 fully saturated rings. The smallest absolute Gasteiger partial charge is 0.266 e. The van der Waals surface area contributed by atoms with Gasteiger partial charge in [-0.3, -0.25) is 9.78 Å². The molecule has 0 spiro atoms. The van der Waals surface area contributed by atoms with Gasteiger partial charge >= 0.3 is 0 Å². The molecule has 1 atom stereocenters. The lowest BCUT2D eigenvalue weighted by Crippen LogP contribution is -2.28. The minimum absolute atomic E-state index is 0.0363. The molecule has 0 saturated heterocycles. The van der Waals surface area contributed by atoms with E-state index in [1.54, 1.807) is 30.5 Å². The SMILES string of the molecule is CC(NC(=O)Cc1nnc(-c2ccccn2)o1)c1ccc(F)cc1. The van der Waals surface area contributed by atoms with E-state index in [2.05, 4.69) is 20.5 Å². The second kappa shape index (κ2) is 6.99. The molecule has 122 valence electrons. The first-order chi connectivity index (χ1) is 11.6. The lowest BCUT2D eigenvalue weighted by molar-refractivity contribution is -0.121. The van der Waals surface area contributed by atoms with Crippen LogP contribution in [0.2, 0.25) is 0 Å². The fourth-order valence-electron chi connectivity index (χ4n) is 2.18. The number of pyridine rings is 1. The Balaban J connectivity index is 1.61. The van der Waals surface area contributed by atoms with Gasteiger partial charge in [0, 0.05) is 6.20 Å². The number of carbonyl (C=O) groups is 1. The Morgan fingerprint density at radius 2 is 2.00 bits per heavy atom. The van der Waals surface area contributed by atoms with Crippen LogP contribution in [0.5, 0.6) is 0 Å². The van der Waals surface area contributed by atoms with E-state index in [-0.39, 0.29) is 36.0 Å². The molecule has 1 aromatic carbocycles. The van der Waals surface area contributed by atoms with Crippen LogP contribution in [0.25, 0.3) is 11.6 Å². The highest BCUT2D eigenvalue weighted by Gasteiger charge is 2.15. The number of halogens is 1. The summed E-state index contributed by atoms with van der Waals surface area (Å²) in [5.74, 6) is -0.0994. The lowest BCUT2D eigenvalue weighted by Gasteiger charge is -2.13. The Morgan fingerprint density at radius 1 is 1.21 bits per heavy atom. The van der Waals surface area contributed by atoms with Crippen LogP contribution in [-0.2, 0) is 11.2 Å². The summed E-state index contributed by atoms with van der Waals surface area (Å²) < 4.78 is 18.4.